The van der Waals surface area contributed by atoms with Crippen LogP contribution in [0.4, 0.5) is 13.2 Å². The topological polar surface area (TPSA) is 9.23 Å². The van der Waals surface area contributed by atoms with Gasteiger partial charge in [-0.25, -0.2) is 0 Å². The van der Waals surface area contributed by atoms with Gasteiger partial charge < -0.3 is 4.74 Å². The first-order chi connectivity index (χ1) is 5.60. The normalized spacial score (nSPS) is 15.9. The molecule has 0 rings (SSSR count). The maximum absolute atomic E-state index is 11.8. The zero-order valence-corrected chi connectivity index (χ0v) is 8.53. The molecular weight excluding hydrogens is 181 g/mol. The molecule has 13 heavy (non-hydrogen) atoms. The number of hydrogen-bond donors (Lipinski definition) is 0. The Bertz CT molecular complexity index is 146. The van der Waals surface area contributed by atoms with E-state index in [0.29, 0.717) is 0 Å². The van der Waals surface area contributed by atoms with Crippen LogP contribution in [-0.2, 0) is 4.74 Å². The van der Waals surface area contributed by atoms with Gasteiger partial charge in [0, 0.05) is 6.42 Å². The minimum Gasteiger partial charge on any atom is -0.373 e. The molecule has 1 atom stereocenters. The zero-order valence-electron chi connectivity index (χ0n) is 8.53. The van der Waals surface area contributed by atoms with E-state index in [-0.39, 0.29) is 18.1 Å². The van der Waals surface area contributed by atoms with Gasteiger partial charge in [0.1, 0.15) is 0 Å². The molecule has 0 N–H and O–H groups in total. The first-order valence-electron chi connectivity index (χ1n) is 4.35. The van der Waals surface area contributed by atoms with Crippen LogP contribution in [0, 0.1) is 0 Å². The Morgan fingerprint density at radius 1 is 1.15 bits per heavy atom. The fraction of sp³-hybridized carbons (Fsp3) is 1.00. The summed E-state index contributed by atoms with van der Waals surface area (Å²) in [5, 5.41) is 0. The van der Waals surface area contributed by atoms with E-state index in [1.165, 1.54) is 0 Å². The van der Waals surface area contributed by atoms with E-state index in [1.54, 1.807) is 6.92 Å². The number of alkyl halides is 3. The van der Waals surface area contributed by atoms with E-state index in [9.17, 15) is 13.2 Å². The number of halogens is 3. The Hall–Kier alpha value is -0.250. The molecule has 0 fully saturated rings. The fourth-order valence-corrected chi connectivity index (χ4v) is 1.03. The second-order valence-electron chi connectivity index (χ2n) is 4.19. The minimum atomic E-state index is -4.07. The van der Waals surface area contributed by atoms with Crippen molar-refractivity contribution < 1.29 is 17.9 Å². The third-order valence-corrected chi connectivity index (χ3v) is 1.39. The van der Waals surface area contributed by atoms with Crippen molar-refractivity contribution in [2.75, 3.05) is 0 Å². The summed E-state index contributed by atoms with van der Waals surface area (Å²) in [6.07, 6.45) is -5.16. The van der Waals surface area contributed by atoms with Gasteiger partial charge in [-0.15, -0.1) is 0 Å². The van der Waals surface area contributed by atoms with Crippen LogP contribution in [0.1, 0.15) is 40.5 Å². The number of hydrogen-bond acceptors (Lipinski definition) is 1. The molecule has 0 aromatic rings. The van der Waals surface area contributed by atoms with Crippen molar-refractivity contribution in [1.29, 1.82) is 0 Å². The smallest absolute Gasteiger partial charge is 0.373 e. The van der Waals surface area contributed by atoms with Gasteiger partial charge in [-0.3, -0.25) is 0 Å². The molecule has 4 heteroatoms. The summed E-state index contributed by atoms with van der Waals surface area (Å²) >= 11 is 0. The third-order valence-electron chi connectivity index (χ3n) is 1.39. The number of ether oxygens (including phenoxy) is 1. The van der Waals surface area contributed by atoms with Crippen LogP contribution in [0.25, 0.3) is 0 Å². The molecule has 0 bridgehead atoms. The largest absolute Gasteiger partial charge is 0.389 e. The molecule has 0 saturated heterocycles. The Balaban J connectivity index is 3.70. The van der Waals surface area contributed by atoms with Gasteiger partial charge in [-0.2, -0.15) is 13.2 Å². The fourth-order valence-electron chi connectivity index (χ4n) is 1.03. The summed E-state index contributed by atoms with van der Waals surface area (Å²) in [4.78, 5) is 0. The predicted molar refractivity (Wildman–Crippen MR) is 45.6 cm³/mol. The molecule has 0 saturated carbocycles. The monoisotopic (exact) mass is 198 g/mol. The van der Waals surface area contributed by atoms with Gasteiger partial charge in [-0.05, 0) is 34.1 Å². The Morgan fingerprint density at radius 2 is 1.62 bits per heavy atom. The molecule has 0 aliphatic heterocycles. The van der Waals surface area contributed by atoms with Crippen molar-refractivity contribution in [3.8, 4) is 0 Å². The van der Waals surface area contributed by atoms with Crippen LogP contribution >= 0.6 is 0 Å². The van der Waals surface area contributed by atoms with Crippen LogP contribution in [0.3, 0.4) is 0 Å². The van der Waals surface area contributed by atoms with E-state index in [2.05, 4.69) is 0 Å². The van der Waals surface area contributed by atoms with Crippen LogP contribution in [0.15, 0.2) is 0 Å². The standard InChI is InChI=1S/C9H17F3O/c1-7(13-8(2,3)4)5-6-9(10,11)12/h7H,5-6H2,1-4H3/t7-/m1/s1. The molecule has 0 radical (unpaired) electrons. The molecule has 0 aliphatic carbocycles. The van der Waals surface area contributed by atoms with Gasteiger partial charge in [0.15, 0.2) is 0 Å². The van der Waals surface area contributed by atoms with Gasteiger partial charge in [0.05, 0.1) is 11.7 Å². The molecule has 0 aliphatic rings. The minimum absolute atomic E-state index is 0.0285. The quantitative estimate of drug-likeness (QED) is 0.674. The van der Waals surface area contributed by atoms with Crippen molar-refractivity contribution in [3.63, 3.8) is 0 Å². The second kappa shape index (κ2) is 4.31. The zero-order chi connectivity index (χ0) is 10.7. The second-order valence-corrected chi connectivity index (χ2v) is 4.19. The lowest BCUT2D eigenvalue weighted by Crippen LogP contribution is -2.26. The lowest BCUT2D eigenvalue weighted by Gasteiger charge is -2.25. The van der Waals surface area contributed by atoms with E-state index >= 15 is 0 Å². The van der Waals surface area contributed by atoms with E-state index < -0.39 is 12.6 Å². The highest BCUT2D eigenvalue weighted by molar-refractivity contribution is 4.64. The Labute approximate surface area is 77.3 Å². The van der Waals surface area contributed by atoms with Crippen molar-refractivity contribution in [1.82, 2.24) is 0 Å². The molecule has 0 heterocycles. The molecule has 0 amide bonds. The highest BCUT2D eigenvalue weighted by Crippen LogP contribution is 2.24. The van der Waals surface area contributed by atoms with Crippen LogP contribution in [0.5, 0.6) is 0 Å². The van der Waals surface area contributed by atoms with E-state index in [1.807, 2.05) is 20.8 Å². The SMILES string of the molecule is C[C@H](CCC(F)(F)F)OC(C)(C)C. The van der Waals surface area contributed by atoms with Crippen molar-refractivity contribution in [2.24, 2.45) is 0 Å². The van der Waals surface area contributed by atoms with E-state index in [4.69, 9.17) is 4.74 Å². The molecule has 0 aromatic heterocycles. The highest BCUT2D eigenvalue weighted by Gasteiger charge is 2.28. The summed E-state index contributed by atoms with van der Waals surface area (Å²) in [6.45, 7) is 7.16. The molecule has 0 aromatic carbocycles. The van der Waals surface area contributed by atoms with Crippen LogP contribution in [0.2, 0.25) is 0 Å². The third kappa shape index (κ3) is 9.67. The summed E-state index contributed by atoms with van der Waals surface area (Å²) in [5.41, 5.74) is -0.370. The maximum Gasteiger partial charge on any atom is 0.389 e. The molecule has 1 nitrogen and oxygen atoms in total. The Morgan fingerprint density at radius 3 is 1.92 bits per heavy atom. The molecular formula is C9H17F3O. The summed E-state index contributed by atoms with van der Waals surface area (Å²) in [6, 6.07) is 0. The van der Waals surface area contributed by atoms with Crippen LogP contribution < -0.4 is 0 Å². The summed E-state index contributed by atoms with van der Waals surface area (Å²) < 4.78 is 40.7. The first-order valence-corrected chi connectivity index (χ1v) is 4.35. The predicted octanol–water partition coefficient (Wildman–Crippen LogP) is 3.53. The molecule has 0 unspecified atom stereocenters. The first kappa shape index (κ1) is 12.8. The van der Waals surface area contributed by atoms with Crippen molar-refractivity contribution >= 4 is 0 Å². The van der Waals surface area contributed by atoms with Crippen molar-refractivity contribution in [3.05, 3.63) is 0 Å². The van der Waals surface area contributed by atoms with Gasteiger partial charge in [0.2, 0.25) is 0 Å². The number of rotatable bonds is 3. The highest BCUT2D eigenvalue weighted by atomic mass is 19.4. The van der Waals surface area contributed by atoms with Gasteiger partial charge >= 0.3 is 6.18 Å². The molecule has 0 spiro atoms. The van der Waals surface area contributed by atoms with Gasteiger partial charge in [-0.1, -0.05) is 0 Å². The molecule has 80 valence electrons. The maximum atomic E-state index is 11.8. The summed E-state index contributed by atoms with van der Waals surface area (Å²) in [5.74, 6) is 0. The Kier molecular flexibility index (Phi) is 4.23. The van der Waals surface area contributed by atoms with Crippen molar-refractivity contribution in [2.45, 2.75) is 58.4 Å². The van der Waals surface area contributed by atoms with Crippen LogP contribution in [-0.4, -0.2) is 17.9 Å². The summed E-state index contributed by atoms with van der Waals surface area (Å²) in [7, 11) is 0. The lowest BCUT2D eigenvalue weighted by atomic mass is 10.1. The van der Waals surface area contributed by atoms with E-state index in [0.717, 1.165) is 0 Å². The lowest BCUT2D eigenvalue weighted by molar-refractivity contribution is -0.147. The van der Waals surface area contributed by atoms with Gasteiger partial charge in [0.25, 0.3) is 0 Å². The average Bonchev–Trinajstić information content (AvgIpc) is 1.78. The average molecular weight is 198 g/mol.